The van der Waals surface area contributed by atoms with E-state index in [-0.39, 0.29) is 0 Å². The largest absolute Gasteiger partial charge is 0.329 e. The number of aromatic nitrogens is 2. The van der Waals surface area contributed by atoms with Gasteiger partial charge in [0.25, 0.3) is 0 Å². The Labute approximate surface area is 102 Å². The highest BCUT2D eigenvalue weighted by molar-refractivity contribution is 7.99. The summed E-state index contributed by atoms with van der Waals surface area (Å²) in [6, 6.07) is 2.81. The van der Waals surface area contributed by atoms with Crippen molar-refractivity contribution in [2.45, 2.75) is 49.7 Å². The van der Waals surface area contributed by atoms with Crippen molar-refractivity contribution in [3.63, 3.8) is 0 Å². The quantitative estimate of drug-likeness (QED) is 0.859. The predicted octanol–water partition coefficient (Wildman–Crippen LogP) is 2.58. The molecule has 0 saturated heterocycles. The van der Waals surface area contributed by atoms with Crippen LogP contribution in [0.25, 0.3) is 0 Å². The van der Waals surface area contributed by atoms with Crippen molar-refractivity contribution in [1.82, 2.24) is 9.78 Å². The highest BCUT2D eigenvalue weighted by atomic mass is 32.2. The molecule has 0 bridgehead atoms. The summed E-state index contributed by atoms with van der Waals surface area (Å²) in [6.07, 6.45) is 7.46. The van der Waals surface area contributed by atoms with Gasteiger partial charge in [0, 0.05) is 23.7 Å². The van der Waals surface area contributed by atoms with Gasteiger partial charge in [-0.25, -0.2) is 0 Å². The summed E-state index contributed by atoms with van der Waals surface area (Å²) >= 11 is 1.88. The Kier molecular flexibility index (Phi) is 4.29. The number of nitrogens with zero attached hydrogens (tertiary/aromatic N) is 2. The third-order valence-corrected chi connectivity index (χ3v) is 4.43. The molecule has 1 aromatic rings. The zero-order valence-corrected chi connectivity index (χ0v) is 10.7. The van der Waals surface area contributed by atoms with E-state index in [4.69, 9.17) is 5.73 Å². The van der Waals surface area contributed by atoms with Gasteiger partial charge in [-0.15, -0.1) is 0 Å². The van der Waals surface area contributed by atoms with Crippen LogP contribution in [-0.4, -0.2) is 21.6 Å². The lowest BCUT2D eigenvalue weighted by Gasteiger charge is -2.09. The molecule has 0 spiro atoms. The Morgan fingerprint density at radius 1 is 1.56 bits per heavy atom. The molecule has 1 saturated carbocycles. The van der Waals surface area contributed by atoms with E-state index in [0.29, 0.717) is 11.3 Å². The monoisotopic (exact) mass is 239 g/mol. The first-order valence-electron chi connectivity index (χ1n) is 6.15. The van der Waals surface area contributed by atoms with Crippen molar-refractivity contribution in [2.75, 3.05) is 6.54 Å². The number of rotatable bonds is 5. The van der Waals surface area contributed by atoms with Crippen LogP contribution in [0.15, 0.2) is 12.3 Å². The van der Waals surface area contributed by atoms with E-state index < -0.39 is 0 Å². The van der Waals surface area contributed by atoms with E-state index in [1.54, 1.807) is 0 Å². The van der Waals surface area contributed by atoms with E-state index >= 15 is 0 Å². The van der Waals surface area contributed by atoms with E-state index in [0.717, 1.165) is 12.3 Å². The molecule has 16 heavy (non-hydrogen) atoms. The lowest BCUT2D eigenvalue weighted by Crippen LogP contribution is -2.12. The third kappa shape index (κ3) is 3.01. The van der Waals surface area contributed by atoms with Gasteiger partial charge in [0.05, 0.1) is 11.7 Å². The van der Waals surface area contributed by atoms with Crippen LogP contribution in [0.5, 0.6) is 0 Å². The number of hydrogen-bond donors (Lipinski definition) is 1. The van der Waals surface area contributed by atoms with Crippen LogP contribution in [0.2, 0.25) is 0 Å². The first-order chi connectivity index (χ1) is 7.79. The Morgan fingerprint density at radius 2 is 2.31 bits per heavy atom. The first-order valence-corrected chi connectivity index (χ1v) is 7.20. The maximum atomic E-state index is 5.59. The zero-order valence-electron chi connectivity index (χ0n) is 9.93. The minimum absolute atomic E-state index is 0.525. The summed E-state index contributed by atoms with van der Waals surface area (Å²) in [5.41, 5.74) is 6.79. The number of nitrogens with two attached hydrogens (primary N) is 1. The molecule has 90 valence electrons. The van der Waals surface area contributed by atoms with Crippen molar-refractivity contribution in [2.24, 2.45) is 5.73 Å². The fraction of sp³-hybridized carbons (Fsp3) is 0.750. The molecule has 2 rings (SSSR count). The molecule has 0 amide bonds. The molecule has 4 heteroatoms. The lowest BCUT2D eigenvalue weighted by molar-refractivity contribution is 0.464. The molecule has 1 heterocycles. The van der Waals surface area contributed by atoms with Gasteiger partial charge in [-0.05, 0) is 18.9 Å². The molecule has 0 aliphatic heterocycles. The molecule has 0 radical (unpaired) electrons. The van der Waals surface area contributed by atoms with Crippen LogP contribution in [-0.2, 0) is 5.75 Å². The van der Waals surface area contributed by atoms with E-state index in [1.807, 2.05) is 11.8 Å². The lowest BCUT2D eigenvalue weighted by atomic mass is 10.3. The maximum absolute atomic E-state index is 5.59. The molecule has 2 N–H and O–H groups in total. The van der Waals surface area contributed by atoms with Gasteiger partial charge >= 0.3 is 0 Å². The summed E-state index contributed by atoms with van der Waals surface area (Å²) in [7, 11) is 0. The average molecular weight is 239 g/mol. The van der Waals surface area contributed by atoms with Crippen molar-refractivity contribution in [3.8, 4) is 0 Å². The maximum Gasteiger partial charge on any atom is 0.0723 e. The molecule has 3 nitrogen and oxygen atoms in total. The van der Waals surface area contributed by atoms with Gasteiger partial charge in [-0.1, -0.05) is 19.8 Å². The van der Waals surface area contributed by atoms with Gasteiger partial charge < -0.3 is 5.73 Å². The Balaban J connectivity index is 1.86. The summed E-state index contributed by atoms with van der Waals surface area (Å²) in [5, 5.41) is 5.18. The fourth-order valence-electron chi connectivity index (χ4n) is 2.12. The molecule has 1 atom stereocenters. The van der Waals surface area contributed by atoms with Crippen molar-refractivity contribution in [1.29, 1.82) is 0 Å². The van der Waals surface area contributed by atoms with Gasteiger partial charge in [0.1, 0.15) is 0 Å². The highest BCUT2D eigenvalue weighted by Crippen LogP contribution is 2.29. The second kappa shape index (κ2) is 5.73. The second-order valence-corrected chi connectivity index (χ2v) is 6.01. The average Bonchev–Trinajstić information content (AvgIpc) is 2.95. The van der Waals surface area contributed by atoms with E-state index in [1.165, 1.54) is 31.4 Å². The fourth-order valence-corrected chi connectivity index (χ4v) is 2.87. The van der Waals surface area contributed by atoms with Crippen LogP contribution < -0.4 is 5.73 Å². The molecular weight excluding hydrogens is 218 g/mol. The molecule has 1 aliphatic carbocycles. The molecule has 1 unspecified atom stereocenters. The van der Waals surface area contributed by atoms with Crippen molar-refractivity contribution < 1.29 is 0 Å². The zero-order chi connectivity index (χ0) is 11.4. The SMILES string of the molecule is CC(CN)SCc1ccn(C2CCCC2)n1. The van der Waals surface area contributed by atoms with Crippen molar-refractivity contribution in [3.05, 3.63) is 18.0 Å². The van der Waals surface area contributed by atoms with Crippen molar-refractivity contribution >= 4 is 11.8 Å². The summed E-state index contributed by atoms with van der Waals surface area (Å²) in [6.45, 7) is 2.91. The van der Waals surface area contributed by atoms with E-state index in [9.17, 15) is 0 Å². The summed E-state index contributed by atoms with van der Waals surface area (Å²) < 4.78 is 2.16. The number of hydrogen-bond acceptors (Lipinski definition) is 3. The smallest absolute Gasteiger partial charge is 0.0723 e. The standard InChI is InChI=1S/C12H21N3S/c1-10(8-13)16-9-11-6-7-15(14-11)12-4-2-3-5-12/h6-7,10,12H,2-5,8-9,13H2,1H3. The number of thioether (sulfide) groups is 1. The summed E-state index contributed by atoms with van der Waals surface area (Å²) in [4.78, 5) is 0. The molecule has 1 fully saturated rings. The normalized spacial score (nSPS) is 19.1. The van der Waals surface area contributed by atoms with Crippen LogP contribution in [0.3, 0.4) is 0 Å². The van der Waals surface area contributed by atoms with Gasteiger partial charge in [-0.3, -0.25) is 4.68 Å². The van der Waals surface area contributed by atoms with Crippen LogP contribution >= 0.6 is 11.8 Å². The highest BCUT2D eigenvalue weighted by Gasteiger charge is 2.17. The Hall–Kier alpha value is -0.480. The Morgan fingerprint density at radius 3 is 3.00 bits per heavy atom. The summed E-state index contributed by atoms with van der Waals surface area (Å²) in [5.74, 6) is 0.984. The van der Waals surface area contributed by atoms with Gasteiger partial charge in [-0.2, -0.15) is 16.9 Å². The minimum atomic E-state index is 0.525. The topological polar surface area (TPSA) is 43.8 Å². The van der Waals surface area contributed by atoms with E-state index in [2.05, 4.69) is 29.0 Å². The Bertz CT molecular complexity index is 318. The third-order valence-electron chi connectivity index (χ3n) is 3.21. The first kappa shape index (κ1) is 12.0. The molecular formula is C12H21N3S. The molecule has 1 aliphatic rings. The molecule has 1 aromatic heterocycles. The second-order valence-electron chi connectivity index (χ2n) is 4.58. The van der Waals surface area contributed by atoms with Crippen LogP contribution in [0.1, 0.15) is 44.3 Å². The van der Waals surface area contributed by atoms with Gasteiger partial charge in [0.2, 0.25) is 0 Å². The van der Waals surface area contributed by atoms with Crippen LogP contribution in [0, 0.1) is 0 Å². The van der Waals surface area contributed by atoms with Gasteiger partial charge in [0.15, 0.2) is 0 Å². The minimum Gasteiger partial charge on any atom is -0.329 e. The molecule has 0 aromatic carbocycles. The van der Waals surface area contributed by atoms with Crippen LogP contribution in [0.4, 0.5) is 0 Å². The predicted molar refractivity (Wildman–Crippen MR) is 69.5 cm³/mol.